The zero-order chi connectivity index (χ0) is 12.4. The van der Waals surface area contributed by atoms with Crippen molar-refractivity contribution in [3.8, 4) is 0 Å². The molecular weight excluding hydrogens is 242 g/mol. The molecule has 0 radical (unpaired) electrons. The summed E-state index contributed by atoms with van der Waals surface area (Å²) in [5.41, 5.74) is 1.12. The molecule has 2 aromatic heterocycles. The molecule has 1 amide bonds. The largest absolute Gasteiger partial charge is 0.291 e. The predicted octanol–water partition coefficient (Wildman–Crippen LogP) is 1.42. The number of nitrogens with one attached hydrogen (secondary N) is 1. The summed E-state index contributed by atoms with van der Waals surface area (Å²) in [7, 11) is 1.69. The number of rotatable bonds is 2. The number of halogens is 1. The van der Waals surface area contributed by atoms with Crippen molar-refractivity contribution in [3.05, 3.63) is 34.9 Å². The van der Waals surface area contributed by atoms with Crippen LogP contribution in [0.2, 0.25) is 5.15 Å². The van der Waals surface area contributed by atoms with Crippen LogP contribution >= 0.6 is 11.6 Å². The Morgan fingerprint density at radius 2 is 2.24 bits per heavy atom. The van der Waals surface area contributed by atoms with Gasteiger partial charge in [0.2, 0.25) is 5.95 Å². The van der Waals surface area contributed by atoms with Crippen molar-refractivity contribution in [1.82, 2.24) is 19.7 Å². The third-order valence-electron chi connectivity index (χ3n) is 2.12. The van der Waals surface area contributed by atoms with E-state index in [1.807, 2.05) is 0 Å². The molecule has 17 heavy (non-hydrogen) atoms. The molecule has 6 nitrogen and oxygen atoms in total. The number of amides is 1. The molecule has 0 fully saturated rings. The second-order valence-electron chi connectivity index (χ2n) is 3.48. The van der Waals surface area contributed by atoms with Gasteiger partial charge in [0.05, 0.1) is 0 Å². The highest BCUT2D eigenvalue weighted by Crippen LogP contribution is 2.11. The van der Waals surface area contributed by atoms with Gasteiger partial charge in [0.1, 0.15) is 11.5 Å². The van der Waals surface area contributed by atoms with E-state index in [2.05, 4.69) is 20.4 Å². The molecule has 0 spiro atoms. The third-order valence-corrected chi connectivity index (χ3v) is 2.31. The van der Waals surface area contributed by atoms with Crippen molar-refractivity contribution in [2.45, 2.75) is 6.92 Å². The van der Waals surface area contributed by atoms with Crippen LogP contribution in [-0.2, 0) is 7.05 Å². The molecule has 2 rings (SSSR count). The second kappa shape index (κ2) is 4.50. The maximum atomic E-state index is 11.9. The van der Waals surface area contributed by atoms with E-state index in [1.165, 1.54) is 17.1 Å². The molecule has 1 N–H and O–H groups in total. The Balaban J connectivity index is 2.23. The fourth-order valence-corrected chi connectivity index (χ4v) is 1.59. The second-order valence-corrected chi connectivity index (χ2v) is 3.87. The normalized spacial score (nSPS) is 10.3. The predicted molar refractivity (Wildman–Crippen MR) is 62.9 cm³/mol. The SMILES string of the molecule is Cc1cc(C(=O)Nc2ncnn2C)cc(Cl)n1. The van der Waals surface area contributed by atoms with E-state index in [-0.39, 0.29) is 11.1 Å². The van der Waals surface area contributed by atoms with Gasteiger partial charge in [0.25, 0.3) is 5.91 Å². The molecule has 0 aliphatic rings. The molecule has 7 heteroatoms. The first-order valence-corrected chi connectivity index (χ1v) is 5.23. The van der Waals surface area contributed by atoms with Crippen LogP contribution < -0.4 is 5.32 Å². The molecule has 88 valence electrons. The minimum Gasteiger partial charge on any atom is -0.291 e. The molecular formula is C10H10ClN5O. The highest BCUT2D eigenvalue weighted by molar-refractivity contribution is 6.29. The first kappa shape index (κ1) is 11.5. The minimum absolute atomic E-state index is 0.285. The number of pyridine rings is 1. The average molecular weight is 252 g/mol. The van der Waals surface area contributed by atoms with Crippen molar-refractivity contribution < 1.29 is 4.79 Å². The van der Waals surface area contributed by atoms with E-state index in [0.717, 1.165) is 0 Å². The third kappa shape index (κ3) is 2.59. The van der Waals surface area contributed by atoms with Crippen LogP contribution in [0.4, 0.5) is 5.95 Å². The molecule has 2 heterocycles. The van der Waals surface area contributed by atoms with Crippen molar-refractivity contribution >= 4 is 23.5 Å². The summed E-state index contributed by atoms with van der Waals surface area (Å²) in [4.78, 5) is 19.8. The van der Waals surface area contributed by atoms with Crippen molar-refractivity contribution in [3.63, 3.8) is 0 Å². The Bertz CT molecular complexity index is 545. The summed E-state index contributed by atoms with van der Waals surface area (Å²) in [5, 5.41) is 6.76. The number of hydrogen-bond donors (Lipinski definition) is 1. The summed E-state index contributed by atoms with van der Waals surface area (Å²) >= 11 is 5.78. The van der Waals surface area contributed by atoms with Gasteiger partial charge in [-0.05, 0) is 19.1 Å². The summed E-state index contributed by atoms with van der Waals surface area (Å²) < 4.78 is 1.47. The smallest absolute Gasteiger partial charge is 0.258 e. The van der Waals surface area contributed by atoms with Crippen LogP contribution in [0.15, 0.2) is 18.5 Å². The number of aryl methyl sites for hydroxylation is 2. The van der Waals surface area contributed by atoms with Crippen molar-refractivity contribution in [2.24, 2.45) is 7.05 Å². The van der Waals surface area contributed by atoms with E-state index in [9.17, 15) is 4.79 Å². The number of anilines is 1. The molecule has 0 aliphatic carbocycles. The van der Waals surface area contributed by atoms with Gasteiger partial charge < -0.3 is 0 Å². The summed E-state index contributed by atoms with van der Waals surface area (Å²) in [6.07, 6.45) is 1.36. The average Bonchev–Trinajstić information content (AvgIpc) is 2.63. The molecule has 0 saturated carbocycles. The van der Waals surface area contributed by atoms with Gasteiger partial charge >= 0.3 is 0 Å². The monoisotopic (exact) mass is 251 g/mol. The quantitative estimate of drug-likeness (QED) is 0.820. The molecule has 0 unspecified atom stereocenters. The van der Waals surface area contributed by atoms with E-state index in [0.29, 0.717) is 17.2 Å². The topological polar surface area (TPSA) is 72.7 Å². The maximum Gasteiger partial charge on any atom is 0.258 e. The molecule has 0 aliphatic heterocycles. The highest BCUT2D eigenvalue weighted by atomic mass is 35.5. The Kier molecular flexibility index (Phi) is 3.06. The lowest BCUT2D eigenvalue weighted by atomic mass is 10.2. The molecule has 0 bridgehead atoms. The van der Waals surface area contributed by atoms with Gasteiger partial charge in [0, 0.05) is 18.3 Å². The number of hydrogen-bond acceptors (Lipinski definition) is 4. The van der Waals surface area contributed by atoms with Gasteiger partial charge in [-0.1, -0.05) is 11.6 Å². The molecule has 0 saturated heterocycles. The maximum absolute atomic E-state index is 11.9. The lowest BCUT2D eigenvalue weighted by Crippen LogP contribution is -2.15. The van der Waals surface area contributed by atoms with Crippen LogP contribution in [0.5, 0.6) is 0 Å². The number of carbonyl (C=O) groups is 1. The van der Waals surface area contributed by atoms with Gasteiger partial charge in [-0.2, -0.15) is 10.1 Å². The Morgan fingerprint density at radius 1 is 1.47 bits per heavy atom. The highest BCUT2D eigenvalue weighted by Gasteiger charge is 2.10. The Hall–Kier alpha value is -1.95. The van der Waals surface area contributed by atoms with Crippen LogP contribution in [-0.4, -0.2) is 25.7 Å². The van der Waals surface area contributed by atoms with Crippen LogP contribution in [0, 0.1) is 6.92 Å². The van der Waals surface area contributed by atoms with Crippen LogP contribution in [0.25, 0.3) is 0 Å². The number of aromatic nitrogens is 4. The van der Waals surface area contributed by atoms with Crippen molar-refractivity contribution in [1.29, 1.82) is 0 Å². The number of nitrogens with zero attached hydrogens (tertiary/aromatic N) is 4. The van der Waals surface area contributed by atoms with E-state index in [1.54, 1.807) is 20.0 Å². The van der Waals surface area contributed by atoms with Gasteiger partial charge in [-0.3, -0.25) is 10.1 Å². The van der Waals surface area contributed by atoms with E-state index >= 15 is 0 Å². The lowest BCUT2D eigenvalue weighted by Gasteiger charge is -2.04. The molecule has 2 aromatic rings. The van der Waals surface area contributed by atoms with Gasteiger partial charge in [-0.15, -0.1) is 0 Å². The Morgan fingerprint density at radius 3 is 2.82 bits per heavy atom. The van der Waals surface area contributed by atoms with E-state index in [4.69, 9.17) is 11.6 Å². The van der Waals surface area contributed by atoms with Crippen LogP contribution in [0.3, 0.4) is 0 Å². The van der Waals surface area contributed by atoms with Gasteiger partial charge in [0.15, 0.2) is 0 Å². The zero-order valence-electron chi connectivity index (χ0n) is 9.31. The summed E-state index contributed by atoms with van der Waals surface area (Å²) in [6.45, 7) is 1.77. The van der Waals surface area contributed by atoms with E-state index < -0.39 is 0 Å². The lowest BCUT2D eigenvalue weighted by molar-refractivity contribution is 0.102. The molecule has 0 atom stereocenters. The summed E-state index contributed by atoms with van der Waals surface area (Å²) in [5.74, 6) is 0.0779. The fourth-order valence-electron chi connectivity index (χ4n) is 1.34. The number of carbonyl (C=O) groups excluding carboxylic acids is 1. The summed E-state index contributed by atoms with van der Waals surface area (Å²) in [6, 6.07) is 3.15. The fraction of sp³-hybridized carbons (Fsp3) is 0.200. The van der Waals surface area contributed by atoms with Crippen LogP contribution in [0.1, 0.15) is 16.1 Å². The standard InChI is InChI=1S/C10H10ClN5O/c1-6-3-7(4-8(11)14-6)9(17)15-10-12-5-13-16(10)2/h3-5H,1-2H3,(H,12,13,15,17). The molecule has 0 aromatic carbocycles. The van der Waals surface area contributed by atoms with Gasteiger partial charge in [-0.25, -0.2) is 9.67 Å². The minimum atomic E-state index is -0.298. The van der Waals surface area contributed by atoms with Crippen molar-refractivity contribution in [2.75, 3.05) is 5.32 Å². The first-order chi connectivity index (χ1) is 8.06. The zero-order valence-corrected chi connectivity index (χ0v) is 10.1. The first-order valence-electron chi connectivity index (χ1n) is 4.86. The Labute approximate surface area is 103 Å².